The van der Waals surface area contributed by atoms with E-state index < -0.39 is 48.2 Å². The van der Waals surface area contributed by atoms with Crippen molar-refractivity contribution in [2.24, 2.45) is 0 Å². The lowest BCUT2D eigenvalue weighted by Crippen LogP contribution is -2.42. The number of alkyl halides is 1. The zero-order valence-electron chi connectivity index (χ0n) is 14.1. The number of carbonyl (C=O) groups is 2. The van der Waals surface area contributed by atoms with Gasteiger partial charge in [-0.2, -0.15) is 0 Å². The average molecular weight is 417 g/mol. The van der Waals surface area contributed by atoms with Crippen LogP contribution in [0.4, 0.5) is 28.0 Å². The van der Waals surface area contributed by atoms with E-state index in [-0.39, 0.29) is 28.3 Å². The molecule has 3 rings (SSSR count). The quantitative estimate of drug-likeness (QED) is 0.573. The number of carbonyl (C=O) groups excluding carboxylic acids is 1. The number of rotatable bonds is 3. The van der Waals surface area contributed by atoms with Gasteiger partial charge in [-0.05, 0) is 18.2 Å². The van der Waals surface area contributed by atoms with Crippen LogP contribution in [0, 0.1) is 17.5 Å². The highest BCUT2D eigenvalue weighted by molar-refractivity contribution is 6.33. The van der Waals surface area contributed by atoms with Gasteiger partial charge < -0.3 is 10.4 Å². The van der Waals surface area contributed by atoms with Gasteiger partial charge >= 0.3 is 6.09 Å². The molecule has 2 aromatic carbocycles. The van der Waals surface area contributed by atoms with E-state index >= 15 is 0 Å². The lowest BCUT2D eigenvalue weighted by molar-refractivity contribution is -0.120. The van der Waals surface area contributed by atoms with Crippen LogP contribution in [0.3, 0.4) is 0 Å². The Hall–Kier alpha value is -2.81. The molecule has 1 aliphatic rings. The predicted molar refractivity (Wildman–Crippen MR) is 93.4 cm³/mol. The van der Waals surface area contributed by atoms with Crippen LogP contribution in [0.2, 0.25) is 5.02 Å². The summed E-state index contributed by atoms with van der Waals surface area (Å²) in [5.74, 6) is -4.32. The van der Waals surface area contributed by atoms with E-state index in [4.69, 9.17) is 16.7 Å². The van der Waals surface area contributed by atoms with E-state index in [1.807, 2.05) is 0 Å². The second-order valence-corrected chi connectivity index (χ2v) is 6.59. The van der Waals surface area contributed by atoms with Crippen molar-refractivity contribution < 1.29 is 32.3 Å². The van der Waals surface area contributed by atoms with Crippen LogP contribution in [-0.2, 0) is 4.79 Å². The van der Waals surface area contributed by atoms with Crippen molar-refractivity contribution >= 4 is 29.3 Å². The van der Waals surface area contributed by atoms with Crippen LogP contribution >= 0.6 is 11.6 Å². The monoisotopic (exact) mass is 416 g/mol. The Labute approximate surface area is 161 Å². The molecule has 2 unspecified atom stereocenters. The maximum absolute atomic E-state index is 14.9. The van der Waals surface area contributed by atoms with Crippen LogP contribution in [0.1, 0.15) is 6.42 Å². The first-order chi connectivity index (χ1) is 13.2. The van der Waals surface area contributed by atoms with E-state index in [2.05, 4.69) is 5.32 Å². The Bertz CT molecular complexity index is 957. The van der Waals surface area contributed by atoms with Gasteiger partial charge in [0.2, 0.25) is 5.91 Å². The predicted octanol–water partition coefficient (Wildman–Crippen LogP) is 4.45. The van der Waals surface area contributed by atoms with E-state index in [0.29, 0.717) is 11.0 Å². The molecule has 1 fully saturated rings. The number of nitrogens with zero attached hydrogens (tertiary/aromatic N) is 1. The van der Waals surface area contributed by atoms with Gasteiger partial charge in [0, 0.05) is 17.5 Å². The fourth-order valence-electron chi connectivity index (χ4n) is 3.03. The highest BCUT2D eigenvalue weighted by atomic mass is 35.5. The Kier molecular flexibility index (Phi) is 5.46. The number of halogens is 5. The molecule has 0 bridgehead atoms. The van der Waals surface area contributed by atoms with Crippen LogP contribution < -0.4 is 5.32 Å². The smallest absolute Gasteiger partial charge is 0.408 e. The van der Waals surface area contributed by atoms with E-state index in [1.54, 1.807) is 0 Å². The van der Waals surface area contributed by atoms with Crippen molar-refractivity contribution in [3.63, 3.8) is 0 Å². The highest BCUT2D eigenvalue weighted by Crippen LogP contribution is 2.34. The van der Waals surface area contributed by atoms with Crippen LogP contribution in [0.5, 0.6) is 0 Å². The molecule has 2 N–H and O–H groups in total. The maximum Gasteiger partial charge on any atom is 0.408 e. The fraction of sp³-hybridized carbons (Fsp3) is 0.222. The summed E-state index contributed by atoms with van der Waals surface area (Å²) in [5.41, 5.74) is -0.673. The maximum atomic E-state index is 14.9. The van der Waals surface area contributed by atoms with Crippen molar-refractivity contribution in [3.05, 3.63) is 52.8 Å². The molecule has 2 atom stereocenters. The second kappa shape index (κ2) is 7.67. The first-order valence-corrected chi connectivity index (χ1v) is 8.44. The molecular formula is C18H13ClF4N2O3. The Morgan fingerprint density at radius 2 is 1.82 bits per heavy atom. The molecule has 0 spiro atoms. The standard InChI is InChI=1S/C18H13ClF4N2O3/c19-11-6-13(22)12(21)5-10(11)9-2-1-3-14(16(9)23)24-17(26)15-4-8(20)7-25(15)18(27)28/h1-3,5-6,8,15H,4,7H2,(H,24,26)(H,27,28). The van der Waals surface area contributed by atoms with Crippen LogP contribution in [-0.4, -0.2) is 40.8 Å². The fourth-order valence-corrected chi connectivity index (χ4v) is 3.28. The summed E-state index contributed by atoms with van der Waals surface area (Å²) in [6.45, 7) is -0.458. The van der Waals surface area contributed by atoms with Gasteiger partial charge in [0.1, 0.15) is 12.2 Å². The SMILES string of the molecule is O=C(Nc1cccc(-c2cc(F)c(F)cc2Cl)c1F)C1CC(F)CN1C(=O)O. The normalized spacial score (nSPS) is 19.0. The molecule has 1 aliphatic heterocycles. The lowest BCUT2D eigenvalue weighted by atomic mass is 10.0. The molecule has 0 radical (unpaired) electrons. The van der Waals surface area contributed by atoms with Gasteiger partial charge in [-0.1, -0.05) is 23.7 Å². The molecule has 5 nitrogen and oxygen atoms in total. The zero-order chi connectivity index (χ0) is 20.6. The summed E-state index contributed by atoms with van der Waals surface area (Å²) in [5, 5.41) is 11.0. The topological polar surface area (TPSA) is 69.6 Å². The molecule has 10 heteroatoms. The Balaban J connectivity index is 1.91. The summed E-state index contributed by atoms with van der Waals surface area (Å²) in [6, 6.07) is 3.88. The average Bonchev–Trinajstić information content (AvgIpc) is 3.02. The van der Waals surface area contributed by atoms with E-state index in [1.165, 1.54) is 18.2 Å². The van der Waals surface area contributed by atoms with Gasteiger partial charge in [-0.15, -0.1) is 0 Å². The Morgan fingerprint density at radius 1 is 1.14 bits per heavy atom. The van der Waals surface area contributed by atoms with Gasteiger partial charge in [-0.3, -0.25) is 9.69 Å². The molecule has 2 aromatic rings. The van der Waals surface area contributed by atoms with Gasteiger partial charge in [-0.25, -0.2) is 22.4 Å². The molecule has 148 valence electrons. The number of carboxylic acid groups (broad SMARTS) is 1. The first kappa shape index (κ1) is 19.9. The molecule has 0 aromatic heterocycles. The Morgan fingerprint density at radius 3 is 2.50 bits per heavy atom. The summed E-state index contributed by atoms with van der Waals surface area (Å²) >= 11 is 5.87. The van der Waals surface area contributed by atoms with Crippen molar-refractivity contribution in [2.75, 3.05) is 11.9 Å². The summed E-state index contributed by atoms with van der Waals surface area (Å²) in [4.78, 5) is 24.1. The number of benzene rings is 2. The highest BCUT2D eigenvalue weighted by Gasteiger charge is 2.40. The summed E-state index contributed by atoms with van der Waals surface area (Å²) in [6.07, 6.45) is -3.33. The van der Waals surface area contributed by atoms with Crippen molar-refractivity contribution in [3.8, 4) is 11.1 Å². The molecule has 0 saturated carbocycles. The van der Waals surface area contributed by atoms with Crippen molar-refractivity contribution in [1.82, 2.24) is 4.90 Å². The third-order valence-electron chi connectivity index (χ3n) is 4.36. The molecule has 0 aliphatic carbocycles. The summed E-state index contributed by atoms with van der Waals surface area (Å²) in [7, 11) is 0. The third kappa shape index (κ3) is 3.75. The minimum atomic E-state index is -1.51. The van der Waals surface area contributed by atoms with E-state index in [9.17, 15) is 27.2 Å². The number of nitrogens with one attached hydrogen (secondary N) is 1. The first-order valence-electron chi connectivity index (χ1n) is 8.07. The van der Waals surface area contributed by atoms with Gasteiger partial charge in [0.15, 0.2) is 17.5 Å². The summed E-state index contributed by atoms with van der Waals surface area (Å²) < 4.78 is 55.1. The number of anilines is 1. The molecule has 28 heavy (non-hydrogen) atoms. The molecule has 2 amide bonds. The molecular weight excluding hydrogens is 404 g/mol. The largest absolute Gasteiger partial charge is 0.465 e. The van der Waals surface area contributed by atoms with Gasteiger partial charge in [0.25, 0.3) is 0 Å². The van der Waals surface area contributed by atoms with E-state index in [0.717, 1.165) is 6.07 Å². The minimum Gasteiger partial charge on any atom is -0.465 e. The number of hydrogen-bond donors (Lipinski definition) is 2. The van der Waals surface area contributed by atoms with Gasteiger partial charge in [0.05, 0.1) is 17.3 Å². The number of amides is 2. The minimum absolute atomic E-state index is 0.133. The molecule has 1 heterocycles. The number of likely N-dealkylation sites (tertiary alicyclic amines) is 1. The lowest BCUT2D eigenvalue weighted by Gasteiger charge is -2.20. The molecule has 1 saturated heterocycles. The van der Waals surface area contributed by atoms with Crippen molar-refractivity contribution in [1.29, 1.82) is 0 Å². The zero-order valence-corrected chi connectivity index (χ0v) is 14.8. The third-order valence-corrected chi connectivity index (χ3v) is 4.67. The van der Waals surface area contributed by atoms with Crippen molar-refractivity contribution in [2.45, 2.75) is 18.6 Å². The van der Waals surface area contributed by atoms with Crippen LogP contribution in [0.25, 0.3) is 11.1 Å². The second-order valence-electron chi connectivity index (χ2n) is 6.19. The number of hydrogen-bond acceptors (Lipinski definition) is 2. The van der Waals surface area contributed by atoms with Crippen LogP contribution in [0.15, 0.2) is 30.3 Å².